The number of aromatic carboxylic acids is 1. The zero-order valence-corrected chi connectivity index (χ0v) is 9.36. The number of alkyl halides is 4. The summed E-state index contributed by atoms with van der Waals surface area (Å²) in [7, 11) is 0. The number of hydrogen-bond donors (Lipinski definition) is 1. The molecule has 0 spiro atoms. The minimum absolute atomic E-state index is 0.0571. The molecule has 1 aromatic carbocycles. The van der Waals surface area contributed by atoms with Gasteiger partial charge >= 0.3 is 18.3 Å². The number of hydrogen-bond acceptors (Lipinski definition) is 2. The Labute approximate surface area is 104 Å². The van der Waals surface area contributed by atoms with Crippen molar-refractivity contribution in [3.63, 3.8) is 0 Å². The normalized spacial score (nSPS) is 12.3. The van der Waals surface area contributed by atoms with Crippen molar-refractivity contribution in [2.24, 2.45) is 0 Å². The number of aromatic nitrogens is 2. The molecule has 19 heavy (non-hydrogen) atoms. The number of halogens is 4. The Morgan fingerprint density at radius 2 is 2.11 bits per heavy atom. The average Bonchev–Trinajstić information content (AvgIpc) is 2.71. The first kappa shape index (κ1) is 13.3. The van der Waals surface area contributed by atoms with Gasteiger partial charge in [0.05, 0.1) is 29.5 Å². The van der Waals surface area contributed by atoms with Gasteiger partial charge < -0.3 is 9.67 Å². The number of benzene rings is 1. The number of fused-ring (bicyclic) bond motifs is 1. The van der Waals surface area contributed by atoms with E-state index < -0.39 is 24.9 Å². The van der Waals surface area contributed by atoms with Gasteiger partial charge in [-0.1, -0.05) is 0 Å². The van der Waals surface area contributed by atoms with E-state index in [1.54, 1.807) is 0 Å². The van der Waals surface area contributed by atoms with Crippen molar-refractivity contribution >= 4 is 17.0 Å². The zero-order chi connectivity index (χ0) is 14.2. The van der Waals surface area contributed by atoms with Gasteiger partial charge in [-0.25, -0.2) is 18.6 Å². The van der Waals surface area contributed by atoms with Crippen molar-refractivity contribution in [1.29, 1.82) is 0 Å². The number of nitrogens with zero attached hydrogens (tertiary/aromatic N) is 2. The second kappa shape index (κ2) is 4.52. The quantitative estimate of drug-likeness (QED) is 0.873. The lowest BCUT2D eigenvalue weighted by atomic mass is 10.2. The van der Waals surface area contributed by atoms with Gasteiger partial charge in [-0.3, -0.25) is 0 Å². The number of imidazole rings is 1. The van der Waals surface area contributed by atoms with Crippen LogP contribution in [0.25, 0.3) is 11.0 Å². The molecule has 2 rings (SSSR count). The molecule has 0 aliphatic heterocycles. The molecule has 1 aromatic heterocycles. The smallest absolute Gasteiger partial charge is 0.335 e. The molecule has 1 N–H and O–H groups in total. The minimum Gasteiger partial charge on any atom is -0.478 e. The minimum atomic E-state index is -4.17. The molecule has 8 heteroatoms. The summed E-state index contributed by atoms with van der Waals surface area (Å²) in [4.78, 5) is 14.4. The van der Waals surface area contributed by atoms with Crippen molar-refractivity contribution in [3.8, 4) is 0 Å². The fourth-order valence-electron chi connectivity index (χ4n) is 1.62. The highest BCUT2D eigenvalue weighted by atomic mass is 19.3. The van der Waals surface area contributed by atoms with E-state index in [4.69, 9.17) is 5.11 Å². The molecule has 4 nitrogen and oxygen atoms in total. The molecular weight excluding hydrogens is 268 g/mol. The van der Waals surface area contributed by atoms with Crippen LogP contribution in [0, 0.1) is 0 Å². The van der Waals surface area contributed by atoms with Gasteiger partial charge in [-0.15, -0.1) is 0 Å². The molecule has 0 unspecified atom stereocenters. The Balaban J connectivity index is 2.39. The lowest BCUT2D eigenvalue weighted by Crippen LogP contribution is -2.31. The molecule has 2 aromatic rings. The summed E-state index contributed by atoms with van der Waals surface area (Å²) in [5.41, 5.74) is 0.272. The van der Waals surface area contributed by atoms with Crippen LogP contribution >= 0.6 is 0 Å². The molecule has 0 bridgehead atoms. The maximum atomic E-state index is 13.0. The van der Waals surface area contributed by atoms with Crippen molar-refractivity contribution in [2.75, 3.05) is 0 Å². The van der Waals surface area contributed by atoms with E-state index in [0.717, 1.165) is 10.9 Å². The highest BCUT2D eigenvalue weighted by molar-refractivity contribution is 5.92. The molecule has 0 aliphatic carbocycles. The van der Waals surface area contributed by atoms with E-state index in [1.807, 2.05) is 0 Å². The van der Waals surface area contributed by atoms with Crippen LogP contribution in [0.3, 0.4) is 0 Å². The van der Waals surface area contributed by atoms with Crippen LogP contribution in [0.5, 0.6) is 0 Å². The molecule has 1 heterocycles. The van der Waals surface area contributed by atoms with Gasteiger partial charge in [0.2, 0.25) is 0 Å². The van der Waals surface area contributed by atoms with Crippen LogP contribution in [-0.4, -0.2) is 33.0 Å². The third-order valence-corrected chi connectivity index (χ3v) is 2.57. The third kappa shape index (κ3) is 2.51. The lowest BCUT2D eigenvalue weighted by molar-refractivity contribution is -0.137. The molecular formula is C11H8F4N2O2. The monoisotopic (exact) mass is 276 g/mol. The van der Waals surface area contributed by atoms with Crippen LogP contribution in [0.15, 0.2) is 24.5 Å². The Bertz CT molecular complexity index is 624. The highest BCUT2D eigenvalue weighted by Crippen LogP contribution is 2.26. The summed E-state index contributed by atoms with van der Waals surface area (Å²) in [5, 5.41) is 8.76. The second-order valence-electron chi connectivity index (χ2n) is 3.94. The van der Waals surface area contributed by atoms with Crippen molar-refractivity contribution in [2.45, 2.75) is 18.9 Å². The van der Waals surface area contributed by atoms with E-state index in [2.05, 4.69) is 4.98 Å². The Kier molecular flexibility index (Phi) is 3.17. The summed E-state index contributed by atoms with van der Waals surface area (Å²) < 4.78 is 51.0. The molecule has 0 aliphatic rings. The molecule has 102 valence electrons. The molecule has 0 atom stereocenters. The lowest BCUT2D eigenvalue weighted by Gasteiger charge is -2.16. The maximum Gasteiger partial charge on any atom is 0.335 e. The number of carbonyl (C=O) groups is 1. The largest absolute Gasteiger partial charge is 0.478 e. The number of carboxylic acids is 1. The Hall–Kier alpha value is -2.12. The molecule has 0 fully saturated rings. The van der Waals surface area contributed by atoms with Crippen molar-refractivity contribution in [3.05, 3.63) is 30.1 Å². The molecule has 0 amide bonds. The number of rotatable bonds is 4. The third-order valence-electron chi connectivity index (χ3n) is 2.57. The summed E-state index contributed by atoms with van der Waals surface area (Å²) in [6.45, 7) is -1.21. The summed E-state index contributed by atoms with van der Waals surface area (Å²) >= 11 is 0. The van der Waals surface area contributed by atoms with Crippen LogP contribution in [0.4, 0.5) is 17.6 Å². The van der Waals surface area contributed by atoms with Gasteiger partial charge in [0, 0.05) is 0 Å². The maximum absolute atomic E-state index is 13.0. The van der Waals surface area contributed by atoms with Gasteiger partial charge in [-0.05, 0) is 18.2 Å². The number of carboxylic acid groups (broad SMARTS) is 1. The summed E-state index contributed by atoms with van der Waals surface area (Å²) in [6.07, 6.45) is -2.80. The fourth-order valence-corrected chi connectivity index (χ4v) is 1.62. The van der Waals surface area contributed by atoms with Gasteiger partial charge in [0.25, 0.3) is 0 Å². The second-order valence-corrected chi connectivity index (χ2v) is 3.94. The van der Waals surface area contributed by atoms with Crippen molar-refractivity contribution in [1.82, 2.24) is 9.55 Å². The van der Waals surface area contributed by atoms with Gasteiger partial charge in [0.1, 0.15) is 0 Å². The summed E-state index contributed by atoms with van der Waals surface area (Å²) in [6, 6.07) is 3.64. The standard InChI is InChI=1S/C11H8F4N2O2/c12-10(13)11(14,15)4-17-5-16-7-3-6(9(18)19)1-2-8(7)17/h1-3,5,10H,4H2,(H,18,19). The predicted molar refractivity (Wildman–Crippen MR) is 57.6 cm³/mol. The van der Waals surface area contributed by atoms with E-state index in [0.29, 0.717) is 0 Å². The van der Waals surface area contributed by atoms with Crippen LogP contribution in [0.1, 0.15) is 10.4 Å². The first-order valence-corrected chi connectivity index (χ1v) is 5.15. The van der Waals surface area contributed by atoms with Crippen LogP contribution in [-0.2, 0) is 6.54 Å². The first-order chi connectivity index (χ1) is 8.81. The van der Waals surface area contributed by atoms with Gasteiger partial charge in [-0.2, -0.15) is 8.78 Å². The van der Waals surface area contributed by atoms with Gasteiger partial charge in [0.15, 0.2) is 0 Å². The summed E-state index contributed by atoms with van der Waals surface area (Å²) in [5.74, 6) is -5.35. The van der Waals surface area contributed by atoms with E-state index in [1.165, 1.54) is 18.2 Å². The van der Waals surface area contributed by atoms with E-state index in [-0.39, 0.29) is 16.6 Å². The molecule has 0 saturated carbocycles. The SMILES string of the molecule is O=C(O)c1ccc2c(c1)ncn2CC(F)(F)C(F)F. The van der Waals surface area contributed by atoms with Crippen LogP contribution < -0.4 is 0 Å². The average molecular weight is 276 g/mol. The Morgan fingerprint density at radius 3 is 2.68 bits per heavy atom. The van der Waals surface area contributed by atoms with Crippen LogP contribution in [0.2, 0.25) is 0 Å². The van der Waals surface area contributed by atoms with E-state index in [9.17, 15) is 22.4 Å². The van der Waals surface area contributed by atoms with Crippen molar-refractivity contribution < 1.29 is 27.5 Å². The fraction of sp³-hybridized carbons (Fsp3) is 0.273. The molecule has 0 radical (unpaired) electrons. The predicted octanol–water partition coefficient (Wildman–Crippen LogP) is 2.63. The van der Waals surface area contributed by atoms with E-state index >= 15 is 0 Å². The Morgan fingerprint density at radius 1 is 1.42 bits per heavy atom. The molecule has 0 saturated heterocycles. The topological polar surface area (TPSA) is 55.1 Å². The zero-order valence-electron chi connectivity index (χ0n) is 9.36. The highest BCUT2D eigenvalue weighted by Gasteiger charge is 2.41. The first-order valence-electron chi connectivity index (χ1n) is 5.15.